The molecule has 11 heteroatoms. The number of nitrogens with one attached hydrogen (secondary N) is 2. The molecule has 2 amide bonds. The highest BCUT2D eigenvalue weighted by Crippen LogP contribution is 2.28. The minimum Gasteiger partial charge on any atom is -0.439 e. The number of aromatic nitrogens is 5. The molecule has 0 fully saturated rings. The highest BCUT2D eigenvalue weighted by Gasteiger charge is 2.16. The van der Waals surface area contributed by atoms with Gasteiger partial charge in [0.15, 0.2) is 5.82 Å². The van der Waals surface area contributed by atoms with Gasteiger partial charge in [-0.05, 0) is 57.4 Å². The first-order chi connectivity index (χ1) is 15.7. The van der Waals surface area contributed by atoms with Crippen LogP contribution in [0.15, 0.2) is 48.9 Å². The van der Waals surface area contributed by atoms with Crippen LogP contribution in [0, 0.1) is 12.7 Å². The SMILES string of the molecule is Cc1cc(-c2nccc(Oc3ccc(F)c(NC(=O)Nc4cnn(C(C)(C)C)c4)c3)n2)sn1. The Bertz CT molecular complexity index is 1300. The minimum atomic E-state index is -0.607. The molecule has 3 aromatic heterocycles. The van der Waals surface area contributed by atoms with Crippen molar-refractivity contribution in [1.29, 1.82) is 0 Å². The summed E-state index contributed by atoms with van der Waals surface area (Å²) in [4.78, 5) is 21.8. The van der Waals surface area contributed by atoms with Crippen molar-refractivity contribution in [1.82, 2.24) is 24.1 Å². The molecule has 0 saturated heterocycles. The summed E-state index contributed by atoms with van der Waals surface area (Å²) < 4.78 is 26.0. The van der Waals surface area contributed by atoms with Crippen LogP contribution in [0.3, 0.4) is 0 Å². The fourth-order valence-corrected chi connectivity index (χ4v) is 3.51. The maximum absolute atomic E-state index is 14.3. The van der Waals surface area contributed by atoms with Crippen molar-refractivity contribution in [2.45, 2.75) is 33.2 Å². The topological polar surface area (TPSA) is 107 Å². The van der Waals surface area contributed by atoms with Crippen LogP contribution >= 0.6 is 11.5 Å². The summed E-state index contributed by atoms with van der Waals surface area (Å²) in [7, 11) is 0. The van der Waals surface area contributed by atoms with Gasteiger partial charge in [0.2, 0.25) is 5.88 Å². The lowest BCUT2D eigenvalue weighted by atomic mass is 10.1. The second-order valence-corrected chi connectivity index (χ2v) is 9.02. The fourth-order valence-electron chi connectivity index (χ4n) is 2.81. The molecule has 33 heavy (non-hydrogen) atoms. The zero-order valence-electron chi connectivity index (χ0n) is 18.5. The van der Waals surface area contributed by atoms with Crippen LogP contribution in [0.25, 0.3) is 10.7 Å². The molecule has 1 aromatic carbocycles. The molecule has 2 N–H and O–H groups in total. The number of amides is 2. The van der Waals surface area contributed by atoms with E-state index in [2.05, 4.69) is 30.1 Å². The summed E-state index contributed by atoms with van der Waals surface area (Å²) in [5.74, 6) is 0.459. The number of halogens is 1. The van der Waals surface area contributed by atoms with Crippen LogP contribution in [0.1, 0.15) is 26.5 Å². The number of ether oxygens (including phenoxy) is 1. The van der Waals surface area contributed by atoms with E-state index in [4.69, 9.17) is 4.74 Å². The Kier molecular flexibility index (Phi) is 6.05. The predicted octanol–water partition coefficient (Wildman–Crippen LogP) is 5.44. The molecule has 9 nitrogen and oxygen atoms in total. The number of aryl methyl sites for hydroxylation is 1. The second-order valence-electron chi connectivity index (χ2n) is 8.22. The number of carbonyl (C=O) groups excluding carboxylic acids is 1. The zero-order valence-corrected chi connectivity index (χ0v) is 19.3. The standard InChI is InChI=1S/C22H22FN7O2S/c1-13-9-18(33-29-13)20-24-8-7-19(28-20)32-15-5-6-16(23)17(10-15)27-21(31)26-14-11-25-30(12-14)22(2,3)4/h5-12H,1-4H3,(H2,26,27,31). The number of anilines is 2. The molecule has 170 valence electrons. The summed E-state index contributed by atoms with van der Waals surface area (Å²) in [5.41, 5.74) is 1.10. The molecule has 0 spiro atoms. The Labute approximate surface area is 193 Å². The van der Waals surface area contributed by atoms with Crippen LogP contribution in [0.5, 0.6) is 11.6 Å². The van der Waals surface area contributed by atoms with Crippen molar-refractivity contribution >= 4 is 28.9 Å². The van der Waals surface area contributed by atoms with E-state index >= 15 is 0 Å². The number of benzene rings is 1. The van der Waals surface area contributed by atoms with E-state index < -0.39 is 11.8 Å². The highest BCUT2D eigenvalue weighted by molar-refractivity contribution is 7.09. The van der Waals surface area contributed by atoms with Gasteiger partial charge in [-0.25, -0.2) is 14.2 Å². The average Bonchev–Trinajstić information content (AvgIpc) is 3.40. The number of rotatable bonds is 5. The first-order valence-electron chi connectivity index (χ1n) is 10.0. The quantitative estimate of drug-likeness (QED) is 0.405. The molecule has 3 heterocycles. The van der Waals surface area contributed by atoms with E-state index in [9.17, 15) is 9.18 Å². The molecule has 0 unspecified atom stereocenters. The van der Waals surface area contributed by atoms with Gasteiger partial charge >= 0.3 is 6.03 Å². The van der Waals surface area contributed by atoms with Crippen LogP contribution in [-0.2, 0) is 5.54 Å². The molecule has 0 atom stereocenters. The Hall–Kier alpha value is -3.86. The third-order valence-corrected chi connectivity index (χ3v) is 5.29. The van der Waals surface area contributed by atoms with Crippen molar-refractivity contribution in [2.24, 2.45) is 0 Å². The Morgan fingerprint density at radius 2 is 2.00 bits per heavy atom. The van der Waals surface area contributed by atoms with Crippen molar-refractivity contribution in [3.05, 3.63) is 60.4 Å². The maximum Gasteiger partial charge on any atom is 0.323 e. The van der Waals surface area contributed by atoms with Crippen molar-refractivity contribution in [2.75, 3.05) is 10.6 Å². The fraction of sp³-hybridized carbons (Fsp3) is 0.227. The number of carbonyl (C=O) groups is 1. The molecular formula is C22H22FN7O2S. The minimum absolute atomic E-state index is 0.0411. The summed E-state index contributed by atoms with van der Waals surface area (Å²) in [6.45, 7) is 7.86. The largest absolute Gasteiger partial charge is 0.439 e. The number of hydrogen-bond donors (Lipinski definition) is 2. The van der Waals surface area contributed by atoms with Crippen LogP contribution in [-0.4, -0.2) is 30.2 Å². The van der Waals surface area contributed by atoms with E-state index in [-0.39, 0.29) is 17.1 Å². The molecule has 0 bridgehead atoms. The number of hydrogen-bond acceptors (Lipinski definition) is 7. The van der Waals surface area contributed by atoms with Gasteiger partial charge in [0.25, 0.3) is 0 Å². The number of nitrogens with zero attached hydrogens (tertiary/aromatic N) is 5. The smallest absolute Gasteiger partial charge is 0.323 e. The first-order valence-corrected chi connectivity index (χ1v) is 10.8. The first kappa shape index (κ1) is 22.3. The predicted molar refractivity (Wildman–Crippen MR) is 124 cm³/mol. The lowest BCUT2D eigenvalue weighted by molar-refractivity contribution is 0.262. The van der Waals surface area contributed by atoms with Crippen LogP contribution in [0.2, 0.25) is 0 Å². The molecule has 0 radical (unpaired) electrons. The van der Waals surface area contributed by atoms with E-state index in [1.165, 1.54) is 35.9 Å². The zero-order chi connectivity index (χ0) is 23.6. The molecule has 0 aliphatic rings. The van der Waals surface area contributed by atoms with Gasteiger partial charge in [-0.1, -0.05) is 0 Å². The molecule has 4 rings (SSSR count). The van der Waals surface area contributed by atoms with Gasteiger partial charge in [-0.3, -0.25) is 4.68 Å². The van der Waals surface area contributed by atoms with Crippen LogP contribution in [0.4, 0.5) is 20.6 Å². The van der Waals surface area contributed by atoms with Gasteiger partial charge in [0, 0.05) is 24.5 Å². The second kappa shape index (κ2) is 8.94. The van der Waals surface area contributed by atoms with Gasteiger partial charge in [-0.15, -0.1) is 0 Å². The molecule has 0 saturated carbocycles. The molecule has 4 aromatic rings. The Morgan fingerprint density at radius 3 is 2.70 bits per heavy atom. The molecular weight excluding hydrogens is 445 g/mol. The monoisotopic (exact) mass is 467 g/mol. The van der Waals surface area contributed by atoms with Crippen molar-refractivity contribution in [3.8, 4) is 22.3 Å². The van der Waals surface area contributed by atoms with E-state index in [0.29, 0.717) is 17.3 Å². The van der Waals surface area contributed by atoms with Gasteiger partial charge in [-0.2, -0.15) is 14.5 Å². The number of urea groups is 1. The van der Waals surface area contributed by atoms with Crippen molar-refractivity contribution < 1.29 is 13.9 Å². The van der Waals surface area contributed by atoms with Crippen molar-refractivity contribution in [3.63, 3.8) is 0 Å². The Balaban J connectivity index is 1.46. The third-order valence-electron chi connectivity index (χ3n) is 4.41. The normalized spacial score (nSPS) is 11.3. The van der Waals surface area contributed by atoms with Gasteiger partial charge < -0.3 is 15.4 Å². The Morgan fingerprint density at radius 1 is 1.18 bits per heavy atom. The summed E-state index contributed by atoms with van der Waals surface area (Å²) >= 11 is 1.29. The van der Waals surface area contributed by atoms with E-state index in [1.807, 2.05) is 33.8 Å². The van der Waals surface area contributed by atoms with E-state index in [1.54, 1.807) is 23.1 Å². The molecule has 0 aliphatic heterocycles. The maximum atomic E-state index is 14.3. The summed E-state index contributed by atoms with van der Waals surface area (Å²) in [5, 5.41) is 9.35. The lowest BCUT2D eigenvalue weighted by Crippen LogP contribution is -2.22. The van der Waals surface area contributed by atoms with Gasteiger partial charge in [0.05, 0.1) is 33.7 Å². The third kappa shape index (κ3) is 5.50. The van der Waals surface area contributed by atoms with E-state index in [0.717, 1.165) is 10.6 Å². The average molecular weight is 468 g/mol. The molecule has 0 aliphatic carbocycles. The van der Waals surface area contributed by atoms with Gasteiger partial charge in [0.1, 0.15) is 11.6 Å². The lowest BCUT2D eigenvalue weighted by Gasteiger charge is -2.18. The van der Waals surface area contributed by atoms with Crippen LogP contribution < -0.4 is 15.4 Å². The summed E-state index contributed by atoms with van der Waals surface area (Å²) in [6.07, 6.45) is 4.80. The highest BCUT2D eigenvalue weighted by atomic mass is 32.1. The summed E-state index contributed by atoms with van der Waals surface area (Å²) in [6, 6.07) is 6.90.